The number of nitrogens with two attached hydrogens (primary N) is 1. The summed E-state index contributed by atoms with van der Waals surface area (Å²) in [6.07, 6.45) is 4.49. The maximum atomic E-state index is 10.3. The summed E-state index contributed by atoms with van der Waals surface area (Å²) in [4.78, 5) is 2.42. The van der Waals surface area contributed by atoms with E-state index in [9.17, 15) is 5.11 Å². The first kappa shape index (κ1) is 13.4. The van der Waals surface area contributed by atoms with Gasteiger partial charge in [0.05, 0.1) is 6.10 Å². The lowest BCUT2D eigenvalue weighted by atomic mass is 10.1. The van der Waals surface area contributed by atoms with Crippen LogP contribution in [0.4, 0.5) is 5.69 Å². The highest BCUT2D eigenvalue weighted by Gasteiger charge is 2.30. The van der Waals surface area contributed by atoms with Crippen LogP contribution in [0.3, 0.4) is 0 Å². The van der Waals surface area contributed by atoms with Crippen LogP contribution in [0.5, 0.6) is 0 Å². The molecule has 1 unspecified atom stereocenters. The molecule has 3 N–H and O–H groups in total. The van der Waals surface area contributed by atoms with E-state index in [-0.39, 0.29) is 0 Å². The quantitative estimate of drug-likeness (QED) is 0.729. The van der Waals surface area contributed by atoms with Crippen LogP contribution in [0.1, 0.15) is 44.3 Å². The summed E-state index contributed by atoms with van der Waals surface area (Å²) in [6.45, 7) is 4.00. The zero-order valence-electron chi connectivity index (χ0n) is 11.2. The second-order valence-corrected chi connectivity index (χ2v) is 5.22. The molecule has 0 aliphatic heterocycles. The topological polar surface area (TPSA) is 49.5 Å². The molecule has 18 heavy (non-hydrogen) atoms. The van der Waals surface area contributed by atoms with Crippen molar-refractivity contribution >= 4 is 5.69 Å². The van der Waals surface area contributed by atoms with Crippen molar-refractivity contribution in [2.24, 2.45) is 0 Å². The smallest absolute Gasteiger partial charge is 0.0936 e. The Hall–Kier alpha value is -1.06. The summed E-state index contributed by atoms with van der Waals surface area (Å²) < 4.78 is 0. The molecule has 1 atom stereocenters. The van der Waals surface area contributed by atoms with Gasteiger partial charge in [0, 0.05) is 23.8 Å². The number of benzene rings is 1. The fourth-order valence-electron chi connectivity index (χ4n) is 2.36. The minimum Gasteiger partial charge on any atom is -0.398 e. The minimum absolute atomic E-state index is 0.469. The fraction of sp³-hybridized carbons (Fsp3) is 0.600. The van der Waals surface area contributed by atoms with Crippen molar-refractivity contribution < 1.29 is 5.11 Å². The van der Waals surface area contributed by atoms with E-state index in [4.69, 9.17) is 5.73 Å². The van der Waals surface area contributed by atoms with E-state index in [1.54, 1.807) is 0 Å². The monoisotopic (exact) mass is 248 g/mol. The van der Waals surface area contributed by atoms with Gasteiger partial charge < -0.3 is 10.8 Å². The van der Waals surface area contributed by atoms with Crippen LogP contribution in [-0.4, -0.2) is 29.1 Å². The van der Waals surface area contributed by atoms with E-state index in [0.29, 0.717) is 18.3 Å². The zero-order chi connectivity index (χ0) is 13.0. The van der Waals surface area contributed by atoms with Crippen molar-refractivity contribution in [2.75, 3.05) is 18.8 Å². The number of anilines is 1. The van der Waals surface area contributed by atoms with Gasteiger partial charge in [-0.15, -0.1) is 0 Å². The first-order valence-corrected chi connectivity index (χ1v) is 6.99. The second-order valence-electron chi connectivity index (χ2n) is 5.22. The first-order chi connectivity index (χ1) is 8.72. The van der Waals surface area contributed by atoms with Gasteiger partial charge in [0.25, 0.3) is 0 Å². The Morgan fingerprint density at radius 3 is 2.72 bits per heavy atom. The molecule has 1 fully saturated rings. The van der Waals surface area contributed by atoms with Crippen molar-refractivity contribution in [1.82, 2.24) is 4.90 Å². The molecule has 3 heteroatoms. The summed E-state index contributed by atoms with van der Waals surface area (Å²) in [5.41, 5.74) is 7.46. The Morgan fingerprint density at radius 1 is 1.39 bits per heavy atom. The number of rotatable bonds is 7. The van der Waals surface area contributed by atoms with Gasteiger partial charge >= 0.3 is 0 Å². The molecule has 3 nitrogen and oxygen atoms in total. The number of para-hydroxylation sites is 1. The molecule has 2 rings (SSSR count). The molecule has 0 aromatic heterocycles. The third kappa shape index (κ3) is 3.47. The van der Waals surface area contributed by atoms with E-state index in [0.717, 1.165) is 12.1 Å². The Labute approximate surface area is 110 Å². The summed E-state index contributed by atoms with van der Waals surface area (Å²) >= 11 is 0. The van der Waals surface area contributed by atoms with Crippen LogP contribution in [0.2, 0.25) is 0 Å². The largest absolute Gasteiger partial charge is 0.398 e. The van der Waals surface area contributed by atoms with Crippen LogP contribution < -0.4 is 5.73 Å². The third-order valence-electron chi connectivity index (χ3n) is 3.62. The Morgan fingerprint density at radius 2 is 2.11 bits per heavy atom. The molecule has 0 radical (unpaired) electrons. The number of hydrogen-bond donors (Lipinski definition) is 2. The van der Waals surface area contributed by atoms with Gasteiger partial charge in [0.15, 0.2) is 0 Å². The van der Waals surface area contributed by atoms with E-state index < -0.39 is 6.10 Å². The molecule has 0 bridgehead atoms. The van der Waals surface area contributed by atoms with Gasteiger partial charge in [0.1, 0.15) is 0 Å². The summed E-state index contributed by atoms with van der Waals surface area (Å²) in [7, 11) is 0. The van der Waals surface area contributed by atoms with Crippen molar-refractivity contribution in [3.63, 3.8) is 0 Å². The van der Waals surface area contributed by atoms with Crippen molar-refractivity contribution in [2.45, 2.75) is 44.8 Å². The number of hydrogen-bond acceptors (Lipinski definition) is 3. The molecule has 1 aliphatic carbocycles. The zero-order valence-corrected chi connectivity index (χ0v) is 11.2. The Bertz CT molecular complexity index is 377. The first-order valence-electron chi connectivity index (χ1n) is 6.99. The van der Waals surface area contributed by atoms with Gasteiger partial charge in [0.2, 0.25) is 0 Å². The maximum Gasteiger partial charge on any atom is 0.0936 e. The molecule has 100 valence electrons. The minimum atomic E-state index is -0.469. The van der Waals surface area contributed by atoms with E-state index in [2.05, 4.69) is 11.8 Å². The average molecular weight is 248 g/mol. The van der Waals surface area contributed by atoms with Gasteiger partial charge in [-0.05, 0) is 31.9 Å². The standard InChI is InChI=1S/C15H24N2O/c1-2-3-10-17(12-8-9-12)11-15(18)13-6-4-5-7-14(13)16/h4-7,12,15,18H,2-3,8-11,16H2,1H3. The molecule has 0 amide bonds. The molecule has 0 saturated heterocycles. The van der Waals surface area contributed by atoms with Crippen LogP contribution >= 0.6 is 0 Å². The van der Waals surface area contributed by atoms with Crippen LogP contribution in [0.25, 0.3) is 0 Å². The lowest BCUT2D eigenvalue weighted by Crippen LogP contribution is -2.32. The third-order valence-corrected chi connectivity index (χ3v) is 3.62. The molecule has 1 aromatic rings. The molecule has 0 heterocycles. The van der Waals surface area contributed by atoms with Gasteiger partial charge in [-0.25, -0.2) is 0 Å². The second kappa shape index (κ2) is 6.21. The highest BCUT2D eigenvalue weighted by atomic mass is 16.3. The number of aliphatic hydroxyl groups is 1. The highest BCUT2D eigenvalue weighted by molar-refractivity contribution is 5.47. The van der Waals surface area contributed by atoms with Crippen LogP contribution in [-0.2, 0) is 0 Å². The fourth-order valence-corrected chi connectivity index (χ4v) is 2.36. The number of nitrogen functional groups attached to an aromatic ring is 1. The van der Waals surface area contributed by atoms with E-state index >= 15 is 0 Å². The van der Waals surface area contributed by atoms with E-state index in [1.807, 2.05) is 24.3 Å². The average Bonchev–Trinajstić information content (AvgIpc) is 3.19. The molecule has 1 saturated carbocycles. The highest BCUT2D eigenvalue weighted by Crippen LogP contribution is 2.30. The predicted molar refractivity (Wildman–Crippen MR) is 75.3 cm³/mol. The summed E-state index contributed by atoms with van der Waals surface area (Å²) in [5, 5.41) is 10.3. The van der Waals surface area contributed by atoms with Gasteiger partial charge in [-0.2, -0.15) is 0 Å². The lowest BCUT2D eigenvalue weighted by molar-refractivity contribution is 0.108. The molecule has 0 spiro atoms. The lowest BCUT2D eigenvalue weighted by Gasteiger charge is -2.25. The van der Waals surface area contributed by atoms with Crippen LogP contribution in [0, 0.1) is 0 Å². The van der Waals surface area contributed by atoms with Crippen molar-refractivity contribution in [3.8, 4) is 0 Å². The number of aliphatic hydroxyl groups excluding tert-OH is 1. The number of nitrogens with zero attached hydrogens (tertiary/aromatic N) is 1. The molecular weight excluding hydrogens is 224 g/mol. The Balaban J connectivity index is 1.96. The summed E-state index contributed by atoms with van der Waals surface area (Å²) in [6, 6.07) is 8.30. The van der Waals surface area contributed by atoms with Crippen molar-refractivity contribution in [1.29, 1.82) is 0 Å². The SMILES string of the molecule is CCCCN(CC(O)c1ccccc1N)C1CC1. The van der Waals surface area contributed by atoms with Gasteiger partial charge in [-0.3, -0.25) is 4.90 Å². The Kier molecular flexibility index (Phi) is 4.61. The molecule has 1 aromatic carbocycles. The van der Waals surface area contributed by atoms with Crippen molar-refractivity contribution in [3.05, 3.63) is 29.8 Å². The van der Waals surface area contributed by atoms with E-state index in [1.165, 1.54) is 25.7 Å². The molecule has 1 aliphatic rings. The number of unbranched alkanes of at least 4 members (excludes halogenated alkanes) is 1. The molecular formula is C15H24N2O. The predicted octanol–water partition coefficient (Wildman–Crippen LogP) is 2.57. The summed E-state index contributed by atoms with van der Waals surface area (Å²) in [5.74, 6) is 0. The van der Waals surface area contributed by atoms with Gasteiger partial charge in [-0.1, -0.05) is 31.5 Å². The maximum absolute atomic E-state index is 10.3. The van der Waals surface area contributed by atoms with Crippen LogP contribution in [0.15, 0.2) is 24.3 Å². The normalized spacial score (nSPS) is 17.1.